The SMILES string of the molecule is CN1C(=O)NC(c2ccccc2)C(C(=O)c2ccccc2)C1(O)C(F)(F)F. The lowest BCUT2D eigenvalue weighted by molar-refractivity contribution is -0.322. The van der Waals surface area contributed by atoms with Gasteiger partial charge in [0.15, 0.2) is 5.78 Å². The van der Waals surface area contributed by atoms with Crippen molar-refractivity contribution in [2.24, 2.45) is 5.92 Å². The van der Waals surface area contributed by atoms with Gasteiger partial charge in [-0.3, -0.25) is 9.69 Å². The van der Waals surface area contributed by atoms with Gasteiger partial charge in [-0.1, -0.05) is 60.7 Å². The van der Waals surface area contributed by atoms with E-state index in [1.807, 2.05) is 0 Å². The van der Waals surface area contributed by atoms with Crippen molar-refractivity contribution >= 4 is 11.8 Å². The summed E-state index contributed by atoms with van der Waals surface area (Å²) in [6.07, 6.45) is -5.25. The fourth-order valence-electron chi connectivity index (χ4n) is 3.33. The average Bonchev–Trinajstić information content (AvgIpc) is 2.66. The van der Waals surface area contributed by atoms with Crippen LogP contribution in [0.4, 0.5) is 18.0 Å². The van der Waals surface area contributed by atoms with E-state index in [4.69, 9.17) is 0 Å². The molecule has 0 bridgehead atoms. The number of amides is 2. The number of halogens is 3. The Bertz CT molecular complexity index is 842. The average molecular weight is 378 g/mol. The number of carbonyl (C=O) groups excluding carboxylic acids is 2. The van der Waals surface area contributed by atoms with Crippen LogP contribution in [0.15, 0.2) is 60.7 Å². The van der Waals surface area contributed by atoms with Gasteiger partial charge < -0.3 is 10.4 Å². The molecule has 3 rings (SSSR count). The van der Waals surface area contributed by atoms with Crippen molar-refractivity contribution in [2.45, 2.75) is 17.9 Å². The van der Waals surface area contributed by atoms with Crippen molar-refractivity contribution in [3.05, 3.63) is 71.8 Å². The molecule has 1 aliphatic rings. The van der Waals surface area contributed by atoms with Crippen molar-refractivity contribution in [1.82, 2.24) is 10.2 Å². The summed E-state index contributed by atoms with van der Waals surface area (Å²) in [6, 6.07) is 12.7. The zero-order valence-corrected chi connectivity index (χ0v) is 14.3. The van der Waals surface area contributed by atoms with Crippen LogP contribution >= 0.6 is 0 Å². The third-order valence-corrected chi connectivity index (χ3v) is 4.78. The maximum Gasteiger partial charge on any atom is 0.437 e. The summed E-state index contributed by atoms with van der Waals surface area (Å²) in [7, 11) is 0.815. The van der Waals surface area contributed by atoms with E-state index in [-0.39, 0.29) is 16.0 Å². The Labute approximate surface area is 153 Å². The Kier molecular flexibility index (Phi) is 4.69. The van der Waals surface area contributed by atoms with Crippen LogP contribution in [0.3, 0.4) is 0 Å². The highest BCUT2D eigenvalue weighted by atomic mass is 19.4. The van der Waals surface area contributed by atoms with E-state index >= 15 is 0 Å². The zero-order valence-electron chi connectivity index (χ0n) is 14.3. The smallest absolute Gasteiger partial charge is 0.363 e. The summed E-state index contributed by atoms with van der Waals surface area (Å²) < 4.78 is 41.8. The van der Waals surface area contributed by atoms with Crippen LogP contribution in [0.1, 0.15) is 22.0 Å². The highest BCUT2D eigenvalue weighted by Crippen LogP contribution is 2.47. The first-order valence-electron chi connectivity index (χ1n) is 8.15. The van der Waals surface area contributed by atoms with E-state index in [1.165, 1.54) is 36.4 Å². The zero-order chi connectivity index (χ0) is 19.8. The van der Waals surface area contributed by atoms with Crippen LogP contribution in [0.2, 0.25) is 0 Å². The number of carbonyl (C=O) groups is 2. The molecular weight excluding hydrogens is 361 g/mol. The molecule has 5 nitrogen and oxygen atoms in total. The molecule has 2 amide bonds. The maximum absolute atomic E-state index is 13.9. The highest BCUT2D eigenvalue weighted by molar-refractivity contribution is 6.00. The Balaban J connectivity index is 2.20. The van der Waals surface area contributed by atoms with E-state index in [0.29, 0.717) is 0 Å². The van der Waals surface area contributed by atoms with Gasteiger partial charge in [-0.2, -0.15) is 13.2 Å². The lowest BCUT2D eigenvalue weighted by Crippen LogP contribution is -2.72. The van der Waals surface area contributed by atoms with Gasteiger partial charge in [0, 0.05) is 12.6 Å². The van der Waals surface area contributed by atoms with Crippen molar-refractivity contribution < 1.29 is 27.9 Å². The molecule has 8 heteroatoms. The predicted molar refractivity (Wildman–Crippen MR) is 90.7 cm³/mol. The molecule has 3 atom stereocenters. The molecule has 1 saturated heterocycles. The van der Waals surface area contributed by atoms with E-state index in [9.17, 15) is 27.9 Å². The quantitative estimate of drug-likeness (QED) is 0.807. The second-order valence-electron chi connectivity index (χ2n) is 6.33. The monoisotopic (exact) mass is 378 g/mol. The van der Waals surface area contributed by atoms with Crippen LogP contribution in [-0.2, 0) is 0 Å². The first-order chi connectivity index (χ1) is 12.7. The van der Waals surface area contributed by atoms with Crippen LogP contribution in [0.25, 0.3) is 0 Å². The van der Waals surface area contributed by atoms with Gasteiger partial charge in [0.2, 0.25) is 0 Å². The minimum Gasteiger partial charge on any atom is -0.363 e. The number of ketones is 1. The Morgan fingerprint density at radius 1 is 1.07 bits per heavy atom. The molecule has 1 fully saturated rings. The van der Waals surface area contributed by atoms with Crippen LogP contribution in [0, 0.1) is 5.92 Å². The van der Waals surface area contributed by atoms with Crippen molar-refractivity contribution in [2.75, 3.05) is 7.05 Å². The molecule has 142 valence electrons. The first kappa shape index (κ1) is 18.9. The Morgan fingerprint density at radius 3 is 2.11 bits per heavy atom. The molecule has 0 spiro atoms. The number of aliphatic hydroxyl groups is 1. The second-order valence-corrected chi connectivity index (χ2v) is 6.33. The molecule has 2 aromatic carbocycles. The van der Waals surface area contributed by atoms with Gasteiger partial charge in [-0.05, 0) is 5.56 Å². The van der Waals surface area contributed by atoms with E-state index in [1.54, 1.807) is 24.3 Å². The minimum atomic E-state index is -5.25. The number of rotatable bonds is 3. The lowest BCUT2D eigenvalue weighted by Gasteiger charge is -2.49. The minimum absolute atomic E-state index is 0.00987. The maximum atomic E-state index is 13.9. The van der Waals surface area contributed by atoms with Crippen LogP contribution in [-0.4, -0.2) is 40.8 Å². The number of nitrogens with one attached hydrogen (secondary N) is 1. The summed E-state index contributed by atoms with van der Waals surface area (Å²) in [4.78, 5) is 25.4. The molecule has 2 aromatic rings. The fraction of sp³-hybridized carbons (Fsp3) is 0.263. The number of hydrogen-bond donors (Lipinski definition) is 2. The summed E-state index contributed by atoms with van der Waals surface area (Å²) in [5.41, 5.74) is -3.37. The normalized spacial score (nSPS) is 25.8. The molecule has 0 saturated carbocycles. The summed E-state index contributed by atoms with van der Waals surface area (Å²) in [5, 5.41) is 13.1. The summed E-state index contributed by atoms with van der Waals surface area (Å²) in [6.45, 7) is 0. The van der Waals surface area contributed by atoms with E-state index in [0.717, 1.165) is 7.05 Å². The topological polar surface area (TPSA) is 69.6 Å². The van der Waals surface area contributed by atoms with Crippen LogP contribution < -0.4 is 5.32 Å². The summed E-state index contributed by atoms with van der Waals surface area (Å²) in [5.74, 6) is -2.92. The van der Waals surface area contributed by atoms with Gasteiger partial charge in [0.1, 0.15) is 5.92 Å². The molecule has 3 unspecified atom stereocenters. The fourth-order valence-corrected chi connectivity index (χ4v) is 3.33. The number of benzene rings is 2. The molecule has 0 aromatic heterocycles. The number of alkyl halides is 3. The first-order valence-corrected chi connectivity index (χ1v) is 8.15. The molecule has 1 heterocycles. The lowest BCUT2D eigenvalue weighted by atomic mass is 9.76. The third-order valence-electron chi connectivity index (χ3n) is 4.78. The van der Waals surface area contributed by atoms with Crippen molar-refractivity contribution in [3.63, 3.8) is 0 Å². The van der Waals surface area contributed by atoms with E-state index < -0.39 is 35.7 Å². The predicted octanol–water partition coefficient (Wildman–Crippen LogP) is 3.13. The van der Waals surface area contributed by atoms with Crippen molar-refractivity contribution in [3.8, 4) is 0 Å². The van der Waals surface area contributed by atoms with Gasteiger partial charge in [0.25, 0.3) is 5.72 Å². The van der Waals surface area contributed by atoms with Gasteiger partial charge in [-0.15, -0.1) is 0 Å². The molecule has 2 N–H and O–H groups in total. The molecular formula is C19H17F3N2O3. The summed E-state index contributed by atoms with van der Waals surface area (Å²) >= 11 is 0. The highest BCUT2D eigenvalue weighted by Gasteiger charge is 2.69. The van der Waals surface area contributed by atoms with Gasteiger partial charge in [0.05, 0.1) is 6.04 Å². The largest absolute Gasteiger partial charge is 0.437 e. The molecule has 27 heavy (non-hydrogen) atoms. The second kappa shape index (κ2) is 6.70. The molecule has 0 radical (unpaired) electrons. The number of nitrogens with zero attached hydrogens (tertiary/aromatic N) is 1. The van der Waals surface area contributed by atoms with Crippen molar-refractivity contribution in [1.29, 1.82) is 0 Å². The molecule has 1 aliphatic heterocycles. The standard InChI is InChI=1S/C19H17F3N2O3/c1-24-17(26)23-15(12-8-4-2-5-9-12)14(18(24,27)19(20,21)22)16(25)13-10-6-3-7-11-13/h2-11,14-15,27H,1H3,(H,23,26). The number of Topliss-reactive ketones (excluding diaryl/α,β-unsaturated/α-hetero) is 1. The van der Waals surface area contributed by atoms with Gasteiger partial charge >= 0.3 is 12.2 Å². The molecule has 0 aliphatic carbocycles. The number of urea groups is 1. The Morgan fingerprint density at radius 2 is 1.59 bits per heavy atom. The third kappa shape index (κ3) is 3.06. The van der Waals surface area contributed by atoms with Gasteiger partial charge in [-0.25, -0.2) is 4.79 Å². The Hall–Kier alpha value is -2.87. The van der Waals surface area contributed by atoms with Crippen LogP contribution in [0.5, 0.6) is 0 Å². The number of hydrogen-bond acceptors (Lipinski definition) is 3. The van der Waals surface area contributed by atoms with E-state index in [2.05, 4.69) is 5.32 Å².